The number of esters is 1. The van der Waals surface area contributed by atoms with Gasteiger partial charge in [0, 0.05) is 6.42 Å². The van der Waals surface area contributed by atoms with Crippen molar-refractivity contribution in [2.24, 2.45) is 10.9 Å². The Labute approximate surface area is 146 Å². The molecule has 1 amide bonds. The van der Waals surface area contributed by atoms with E-state index in [1.54, 1.807) is 11.5 Å². The van der Waals surface area contributed by atoms with Gasteiger partial charge in [0.1, 0.15) is 6.54 Å². The first kappa shape index (κ1) is 18.4. The molecule has 0 aliphatic carbocycles. The Morgan fingerprint density at radius 2 is 2.00 bits per heavy atom. The molecule has 0 spiro atoms. The summed E-state index contributed by atoms with van der Waals surface area (Å²) in [6.07, 6.45) is 0.395. The number of thiazole rings is 1. The Balaban J connectivity index is 2.60. The molecule has 2 aromatic rings. The van der Waals surface area contributed by atoms with E-state index in [4.69, 9.17) is 4.74 Å². The molecule has 2 rings (SSSR count). The van der Waals surface area contributed by atoms with Crippen molar-refractivity contribution in [3.05, 3.63) is 28.1 Å². The Kier molecular flexibility index (Phi) is 5.94. The van der Waals surface area contributed by atoms with Gasteiger partial charge in [-0.3, -0.25) is 9.59 Å². The van der Waals surface area contributed by atoms with Crippen molar-refractivity contribution < 1.29 is 14.3 Å². The van der Waals surface area contributed by atoms with Crippen molar-refractivity contribution in [1.29, 1.82) is 0 Å². The molecule has 0 aliphatic rings. The molecule has 0 bridgehead atoms. The van der Waals surface area contributed by atoms with Crippen molar-refractivity contribution >= 4 is 33.4 Å². The van der Waals surface area contributed by atoms with Gasteiger partial charge in [0.15, 0.2) is 4.80 Å². The van der Waals surface area contributed by atoms with Gasteiger partial charge in [-0.1, -0.05) is 31.3 Å². The molecule has 130 valence electrons. The first-order chi connectivity index (χ1) is 11.3. The lowest BCUT2D eigenvalue weighted by molar-refractivity contribution is -0.143. The summed E-state index contributed by atoms with van der Waals surface area (Å²) in [6.45, 7) is 10.2. The van der Waals surface area contributed by atoms with Crippen molar-refractivity contribution in [1.82, 2.24) is 4.57 Å². The number of benzene rings is 1. The summed E-state index contributed by atoms with van der Waals surface area (Å²) in [5.74, 6) is -0.240. The molecule has 1 aromatic carbocycles. The SMILES string of the molecule is CCOC(=O)Cn1c(=NC(=O)CC(C)C)sc2c(C)cc(C)cc21. The summed E-state index contributed by atoms with van der Waals surface area (Å²) in [6, 6.07) is 4.11. The second-order valence-electron chi connectivity index (χ2n) is 6.31. The maximum absolute atomic E-state index is 12.1. The number of fused-ring (bicyclic) bond motifs is 1. The fourth-order valence-corrected chi connectivity index (χ4v) is 3.68. The van der Waals surface area contributed by atoms with Gasteiger partial charge in [-0.2, -0.15) is 4.99 Å². The number of amides is 1. The van der Waals surface area contributed by atoms with Crippen LogP contribution in [0.5, 0.6) is 0 Å². The second-order valence-corrected chi connectivity index (χ2v) is 7.29. The third kappa shape index (κ3) is 4.32. The van der Waals surface area contributed by atoms with Gasteiger partial charge in [-0.05, 0) is 43.9 Å². The normalized spacial score (nSPS) is 12.2. The molecule has 24 heavy (non-hydrogen) atoms. The fourth-order valence-electron chi connectivity index (χ4n) is 2.59. The molecular weight excluding hydrogens is 324 g/mol. The maximum atomic E-state index is 12.1. The fraction of sp³-hybridized carbons (Fsp3) is 0.500. The van der Waals surface area contributed by atoms with E-state index >= 15 is 0 Å². The average Bonchev–Trinajstić information content (AvgIpc) is 2.77. The molecule has 0 atom stereocenters. The van der Waals surface area contributed by atoms with Crippen molar-refractivity contribution in [2.45, 2.75) is 47.6 Å². The standard InChI is InChI=1S/C18H24N2O3S/c1-6-23-16(22)10-20-14-9-12(4)8-13(5)17(14)24-18(20)19-15(21)7-11(2)3/h8-9,11H,6-7,10H2,1-5H3. The van der Waals surface area contributed by atoms with E-state index < -0.39 is 0 Å². The molecule has 0 radical (unpaired) electrons. The maximum Gasteiger partial charge on any atom is 0.326 e. The highest BCUT2D eigenvalue weighted by atomic mass is 32.1. The van der Waals surface area contributed by atoms with Gasteiger partial charge in [-0.25, -0.2) is 0 Å². The van der Waals surface area contributed by atoms with Crippen LogP contribution in [0.3, 0.4) is 0 Å². The van der Waals surface area contributed by atoms with Crippen LogP contribution in [0.15, 0.2) is 17.1 Å². The van der Waals surface area contributed by atoms with Crippen LogP contribution < -0.4 is 4.80 Å². The zero-order chi connectivity index (χ0) is 17.9. The van der Waals surface area contributed by atoms with Crippen LogP contribution in [0.1, 0.15) is 38.3 Å². The van der Waals surface area contributed by atoms with Gasteiger partial charge >= 0.3 is 5.97 Å². The van der Waals surface area contributed by atoms with Gasteiger partial charge in [0.25, 0.3) is 0 Å². The van der Waals surface area contributed by atoms with E-state index in [1.165, 1.54) is 11.3 Å². The Morgan fingerprint density at radius 3 is 2.62 bits per heavy atom. The zero-order valence-electron chi connectivity index (χ0n) is 14.9. The molecule has 0 N–H and O–H groups in total. The quantitative estimate of drug-likeness (QED) is 0.779. The highest BCUT2D eigenvalue weighted by molar-refractivity contribution is 7.16. The summed E-state index contributed by atoms with van der Waals surface area (Å²) < 4.78 is 7.90. The summed E-state index contributed by atoms with van der Waals surface area (Å²) in [5, 5.41) is 0. The minimum Gasteiger partial charge on any atom is -0.465 e. The lowest BCUT2D eigenvalue weighted by Crippen LogP contribution is -2.23. The Morgan fingerprint density at radius 1 is 1.29 bits per heavy atom. The van der Waals surface area contributed by atoms with E-state index in [0.29, 0.717) is 17.8 Å². The molecule has 0 fully saturated rings. The molecule has 1 aromatic heterocycles. The van der Waals surface area contributed by atoms with Gasteiger partial charge in [0.05, 0.1) is 16.8 Å². The molecule has 5 nitrogen and oxygen atoms in total. The second kappa shape index (κ2) is 7.75. The molecule has 0 saturated heterocycles. The summed E-state index contributed by atoms with van der Waals surface area (Å²) in [7, 11) is 0. The van der Waals surface area contributed by atoms with Crippen LogP contribution in [0.2, 0.25) is 0 Å². The van der Waals surface area contributed by atoms with Crippen LogP contribution in [0, 0.1) is 19.8 Å². The predicted molar refractivity (Wildman–Crippen MR) is 95.9 cm³/mol. The number of carbonyl (C=O) groups excluding carboxylic acids is 2. The molecule has 0 saturated carbocycles. The van der Waals surface area contributed by atoms with E-state index in [9.17, 15) is 9.59 Å². The van der Waals surface area contributed by atoms with Crippen molar-refractivity contribution in [3.63, 3.8) is 0 Å². The molecule has 0 aliphatic heterocycles. The molecule has 1 heterocycles. The third-order valence-corrected chi connectivity index (χ3v) is 4.74. The van der Waals surface area contributed by atoms with Crippen LogP contribution in [-0.2, 0) is 20.9 Å². The predicted octanol–water partition coefficient (Wildman–Crippen LogP) is 3.36. The minimum atomic E-state index is -0.325. The number of nitrogens with zero attached hydrogens (tertiary/aromatic N) is 2. The van der Waals surface area contributed by atoms with E-state index in [0.717, 1.165) is 21.3 Å². The van der Waals surface area contributed by atoms with Gasteiger partial charge < -0.3 is 9.30 Å². The van der Waals surface area contributed by atoms with Crippen LogP contribution in [0.4, 0.5) is 0 Å². The first-order valence-corrected chi connectivity index (χ1v) is 8.97. The summed E-state index contributed by atoms with van der Waals surface area (Å²) >= 11 is 1.44. The van der Waals surface area contributed by atoms with E-state index in [-0.39, 0.29) is 24.3 Å². The zero-order valence-corrected chi connectivity index (χ0v) is 15.7. The number of carbonyl (C=O) groups is 2. The molecule has 6 heteroatoms. The van der Waals surface area contributed by atoms with Crippen molar-refractivity contribution in [3.8, 4) is 0 Å². The minimum absolute atomic E-state index is 0.0600. The number of aryl methyl sites for hydroxylation is 2. The summed E-state index contributed by atoms with van der Waals surface area (Å²) in [4.78, 5) is 28.9. The number of rotatable bonds is 5. The summed E-state index contributed by atoms with van der Waals surface area (Å²) in [5.41, 5.74) is 3.14. The third-order valence-electron chi connectivity index (χ3n) is 3.51. The van der Waals surface area contributed by atoms with Crippen molar-refractivity contribution in [2.75, 3.05) is 6.61 Å². The largest absolute Gasteiger partial charge is 0.465 e. The highest BCUT2D eigenvalue weighted by Crippen LogP contribution is 2.23. The first-order valence-electron chi connectivity index (χ1n) is 8.15. The lowest BCUT2D eigenvalue weighted by atomic mass is 10.1. The molecular formula is C18H24N2O3S. The van der Waals surface area contributed by atoms with Gasteiger partial charge in [-0.15, -0.1) is 0 Å². The van der Waals surface area contributed by atoms with E-state index in [1.807, 2.05) is 33.8 Å². The van der Waals surface area contributed by atoms with Crippen LogP contribution >= 0.6 is 11.3 Å². The van der Waals surface area contributed by atoms with Crippen LogP contribution in [0.25, 0.3) is 10.2 Å². The number of hydrogen-bond donors (Lipinski definition) is 0. The lowest BCUT2D eigenvalue weighted by Gasteiger charge is -2.06. The average molecular weight is 348 g/mol. The number of hydrogen-bond acceptors (Lipinski definition) is 4. The van der Waals surface area contributed by atoms with Gasteiger partial charge in [0.2, 0.25) is 5.91 Å². The monoisotopic (exact) mass is 348 g/mol. The Bertz CT molecular complexity index is 831. The number of aromatic nitrogens is 1. The van der Waals surface area contributed by atoms with E-state index in [2.05, 4.69) is 11.1 Å². The number of ether oxygens (including phenoxy) is 1. The smallest absolute Gasteiger partial charge is 0.326 e. The molecule has 0 unspecified atom stereocenters. The Hall–Kier alpha value is -1.95. The topological polar surface area (TPSA) is 60.7 Å². The highest BCUT2D eigenvalue weighted by Gasteiger charge is 2.14. The van der Waals surface area contributed by atoms with Crippen LogP contribution in [-0.4, -0.2) is 23.1 Å².